The van der Waals surface area contributed by atoms with Crippen LogP contribution in [-0.2, 0) is 0 Å². The molecule has 0 aromatic carbocycles. The van der Waals surface area contributed by atoms with Crippen LogP contribution >= 0.6 is 0 Å². The van der Waals surface area contributed by atoms with Gasteiger partial charge >= 0.3 is 0 Å². The van der Waals surface area contributed by atoms with Gasteiger partial charge in [0, 0.05) is 0 Å². The highest BCUT2D eigenvalue weighted by molar-refractivity contribution is 4.66. The van der Waals surface area contributed by atoms with Crippen LogP contribution in [0.15, 0.2) is 25.3 Å². The third-order valence-electron chi connectivity index (χ3n) is 6.07. The molecule has 0 aromatic rings. The molecule has 0 aliphatic carbocycles. The van der Waals surface area contributed by atoms with Crippen LogP contribution in [-0.4, -0.2) is 0 Å². The molecule has 0 amide bonds. The van der Waals surface area contributed by atoms with E-state index in [1.54, 1.807) is 0 Å². The highest BCUT2D eigenvalue weighted by Crippen LogP contribution is 2.15. The molecule has 0 saturated heterocycles. The summed E-state index contributed by atoms with van der Waals surface area (Å²) in [6, 6.07) is 0. The van der Waals surface area contributed by atoms with Gasteiger partial charge in [-0.1, -0.05) is 141 Å². The van der Waals surface area contributed by atoms with E-state index in [2.05, 4.69) is 25.3 Å². The van der Waals surface area contributed by atoms with Crippen LogP contribution < -0.4 is 0 Å². The third kappa shape index (κ3) is 25.5. The first kappa shape index (κ1) is 27.5. The van der Waals surface area contributed by atoms with Crippen molar-refractivity contribution in [3.63, 3.8) is 0 Å². The lowest BCUT2D eigenvalue weighted by Crippen LogP contribution is -1.84. The van der Waals surface area contributed by atoms with Gasteiger partial charge in [0.1, 0.15) is 0 Å². The van der Waals surface area contributed by atoms with Gasteiger partial charge in [-0.05, 0) is 25.7 Å². The quantitative estimate of drug-likeness (QED) is 0.107. The second-order valence-electron chi connectivity index (χ2n) is 8.93. The molecule has 0 unspecified atom stereocenters. The number of hydrogen-bond donors (Lipinski definition) is 0. The minimum Gasteiger partial charge on any atom is -0.103 e. The Morgan fingerprint density at radius 1 is 0.250 bits per heavy atom. The molecule has 0 radical (unpaired) electrons. The maximum atomic E-state index is 3.79. The zero-order chi connectivity index (χ0) is 20.4. The van der Waals surface area contributed by atoms with E-state index >= 15 is 0 Å². The van der Waals surface area contributed by atoms with Crippen molar-refractivity contribution in [1.29, 1.82) is 0 Å². The van der Waals surface area contributed by atoms with E-state index < -0.39 is 0 Å². The minimum atomic E-state index is 1.21. The Kier molecular flexibility index (Phi) is 26.0. The maximum Gasteiger partial charge on any atom is -0.0353 e. The fraction of sp³-hybridized carbons (Fsp3) is 0.857. The standard InChI is InChI=1S/C28H54/c1-3-5-7-9-11-13-15-17-19-21-23-25-27-28-26-24-22-20-18-16-14-12-10-8-6-4-2/h3-4H,1-2,5-28H2. The molecule has 0 nitrogen and oxygen atoms in total. The number of rotatable bonds is 25. The highest BCUT2D eigenvalue weighted by atomic mass is 14.0. The molecule has 0 rings (SSSR count). The Morgan fingerprint density at radius 3 is 0.536 bits per heavy atom. The van der Waals surface area contributed by atoms with Gasteiger partial charge in [0.25, 0.3) is 0 Å². The molecule has 0 aliphatic rings. The molecule has 0 spiro atoms. The van der Waals surface area contributed by atoms with Crippen molar-refractivity contribution < 1.29 is 0 Å². The zero-order valence-electron chi connectivity index (χ0n) is 19.5. The van der Waals surface area contributed by atoms with Gasteiger partial charge in [-0.3, -0.25) is 0 Å². The van der Waals surface area contributed by atoms with E-state index in [0.29, 0.717) is 0 Å². The molecule has 0 bridgehead atoms. The first-order chi connectivity index (χ1) is 13.9. The monoisotopic (exact) mass is 390 g/mol. The molecular weight excluding hydrogens is 336 g/mol. The molecule has 0 heterocycles. The average Bonchev–Trinajstić information content (AvgIpc) is 2.71. The normalized spacial score (nSPS) is 11.0. The number of unbranched alkanes of at least 4 members (excludes halogenated alkanes) is 23. The molecule has 0 saturated carbocycles. The molecule has 28 heavy (non-hydrogen) atoms. The van der Waals surface area contributed by atoms with Crippen molar-refractivity contribution in [2.24, 2.45) is 0 Å². The minimum absolute atomic E-state index is 1.21. The van der Waals surface area contributed by atoms with Crippen molar-refractivity contribution in [2.45, 2.75) is 154 Å². The lowest BCUT2D eigenvalue weighted by Gasteiger charge is -2.04. The first-order valence-electron chi connectivity index (χ1n) is 13.1. The third-order valence-corrected chi connectivity index (χ3v) is 6.07. The fourth-order valence-corrected chi connectivity index (χ4v) is 4.11. The Bertz CT molecular complexity index is 260. The molecule has 0 aromatic heterocycles. The first-order valence-corrected chi connectivity index (χ1v) is 13.1. The van der Waals surface area contributed by atoms with E-state index in [4.69, 9.17) is 0 Å². The molecular formula is C28H54. The van der Waals surface area contributed by atoms with Gasteiger partial charge in [-0.25, -0.2) is 0 Å². The van der Waals surface area contributed by atoms with Crippen molar-refractivity contribution in [3.05, 3.63) is 25.3 Å². The van der Waals surface area contributed by atoms with Gasteiger partial charge in [0.2, 0.25) is 0 Å². The van der Waals surface area contributed by atoms with E-state index in [1.165, 1.54) is 154 Å². The molecule has 166 valence electrons. The summed E-state index contributed by atoms with van der Waals surface area (Å²) in [7, 11) is 0. The summed E-state index contributed by atoms with van der Waals surface area (Å²) in [6.45, 7) is 7.57. The van der Waals surface area contributed by atoms with Crippen LogP contribution in [0.5, 0.6) is 0 Å². The van der Waals surface area contributed by atoms with E-state index in [-0.39, 0.29) is 0 Å². The summed E-state index contributed by atoms with van der Waals surface area (Å²) >= 11 is 0. The Labute approximate surface area is 179 Å². The molecule has 0 N–H and O–H groups in total. The fourth-order valence-electron chi connectivity index (χ4n) is 4.11. The summed E-state index contributed by atoms with van der Waals surface area (Å²) in [6.07, 6.45) is 38.4. The van der Waals surface area contributed by atoms with Gasteiger partial charge < -0.3 is 0 Å². The summed E-state index contributed by atoms with van der Waals surface area (Å²) in [5, 5.41) is 0. The van der Waals surface area contributed by atoms with Crippen molar-refractivity contribution >= 4 is 0 Å². The van der Waals surface area contributed by atoms with Gasteiger partial charge in [0.15, 0.2) is 0 Å². The lowest BCUT2D eigenvalue weighted by atomic mass is 10.0. The molecule has 0 fully saturated rings. The number of allylic oxidation sites excluding steroid dienone is 2. The summed E-state index contributed by atoms with van der Waals surface area (Å²) in [5.41, 5.74) is 0. The smallest absolute Gasteiger partial charge is 0.0353 e. The van der Waals surface area contributed by atoms with E-state index in [9.17, 15) is 0 Å². The van der Waals surface area contributed by atoms with Crippen LogP contribution in [0.4, 0.5) is 0 Å². The van der Waals surface area contributed by atoms with Crippen LogP contribution in [0.1, 0.15) is 154 Å². The predicted molar refractivity (Wildman–Crippen MR) is 131 cm³/mol. The summed E-state index contributed by atoms with van der Waals surface area (Å²) in [4.78, 5) is 0. The van der Waals surface area contributed by atoms with E-state index in [1.807, 2.05) is 0 Å². The second kappa shape index (κ2) is 26.5. The summed E-state index contributed by atoms with van der Waals surface area (Å²) in [5.74, 6) is 0. The second-order valence-corrected chi connectivity index (χ2v) is 8.93. The van der Waals surface area contributed by atoms with Gasteiger partial charge in [0.05, 0.1) is 0 Å². The van der Waals surface area contributed by atoms with E-state index in [0.717, 1.165) is 0 Å². The lowest BCUT2D eigenvalue weighted by molar-refractivity contribution is 0.518. The molecule has 0 aliphatic heterocycles. The Balaban J connectivity index is 2.98. The Hall–Kier alpha value is -0.520. The van der Waals surface area contributed by atoms with Gasteiger partial charge in [-0.2, -0.15) is 0 Å². The maximum absolute atomic E-state index is 3.79. The predicted octanol–water partition coefficient (Wildman–Crippen LogP) is 10.7. The van der Waals surface area contributed by atoms with Gasteiger partial charge in [-0.15, -0.1) is 13.2 Å². The van der Waals surface area contributed by atoms with Crippen LogP contribution in [0, 0.1) is 0 Å². The van der Waals surface area contributed by atoms with Crippen LogP contribution in [0.2, 0.25) is 0 Å². The number of hydrogen-bond acceptors (Lipinski definition) is 0. The zero-order valence-corrected chi connectivity index (χ0v) is 19.5. The average molecular weight is 391 g/mol. The largest absolute Gasteiger partial charge is 0.103 e. The highest BCUT2D eigenvalue weighted by Gasteiger charge is 1.95. The summed E-state index contributed by atoms with van der Waals surface area (Å²) < 4.78 is 0. The Morgan fingerprint density at radius 2 is 0.393 bits per heavy atom. The molecule has 0 atom stereocenters. The van der Waals surface area contributed by atoms with Crippen molar-refractivity contribution in [1.82, 2.24) is 0 Å². The van der Waals surface area contributed by atoms with Crippen molar-refractivity contribution in [2.75, 3.05) is 0 Å². The van der Waals surface area contributed by atoms with Crippen molar-refractivity contribution in [3.8, 4) is 0 Å². The topological polar surface area (TPSA) is 0 Å². The van der Waals surface area contributed by atoms with Crippen LogP contribution in [0.25, 0.3) is 0 Å². The van der Waals surface area contributed by atoms with Crippen LogP contribution in [0.3, 0.4) is 0 Å². The molecule has 0 heteroatoms. The SMILES string of the molecule is C=CCCCCCCCCCCCCCCCCCCCCCCCCC=C.